The topological polar surface area (TPSA) is 61.8 Å². The molecule has 1 heterocycles. The number of benzene rings is 1. The number of fused-ring (bicyclic) bond motifs is 3. The first-order valence-electron chi connectivity index (χ1n) is 13.1. The summed E-state index contributed by atoms with van der Waals surface area (Å²) in [6.45, 7) is -2.69. The number of ether oxygens (including phenoxy) is 3. The molecule has 0 saturated heterocycles. The van der Waals surface area contributed by atoms with Crippen molar-refractivity contribution in [2.75, 3.05) is 7.11 Å². The first-order chi connectivity index (χ1) is 16.3. The van der Waals surface area contributed by atoms with Gasteiger partial charge in [0.25, 0.3) is 0 Å². The Bertz CT molecular complexity index is 997. The van der Waals surface area contributed by atoms with Crippen LogP contribution >= 0.6 is 0 Å². The zero-order valence-corrected chi connectivity index (χ0v) is 17.2. The standard InChI is InChI=1S/C24H32O5/c1-6-7-8-9-16-12-20(28-15(2)25)22-18-14-17(23(26)27-5)10-11-19(18)24(3,4)29-21(22)13-16/h10,12-13,18-19H,6-9,11,14H2,1-5H3/i3D3,4D3. The Morgan fingerprint density at radius 3 is 2.76 bits per heavy atom. The lowest BCUT2D eigenvalue weighted by Crippen LogP contribution is -2.46. The molecule has 1 aromatic carbocycles. The molecule has 0 bridgehead atoms. The maximum Gasteiger partial charge on any atom is 0.333 e. The highest BCUT2D eigenvalue weighted by Gasteiger charge is 2.47. The number of esters is 2. The Balaban J connectivity index is 2.28. The highest BCUT2D eigenvalue weighted by molar-refractivity contribution is 5.88. The minimum Gasteiger partial charge on any atom is -0.487 e. The molecule has 5 heteroatoms. The molecule has 1 aliphatic heterocycles. The summed E-state index contributed by atoms with van der Waals surface area (Å²) in [5, 5.41) is 0. The van der Waals surface area contributed by atoms with Crippen LogP contribution in [0.25, 0.3) is 0 Å². The monoisotopic (exact) mass is 406 g/mol. The summed E-state index contributed by atoms with van der Waals surface area (Å²) in [5.41, 5.74) is -1.04. The molecule has 0 amide bonds. The molecular formula is C24H32O5. The Morgan fingerprint density at radius 1 is 1.31 bits per heavy atom. The van der Waals surface area contributed by atoms with Crippen LogP contribution in [-0.2, 0) is 20.7 Å². The van der Waals surface area contributed by atoms with Crippen LogP contribution in [0.15, 0.2) is 23.8 Å². The SMILES string of the molecule is [2H]C([2H])([2H])C1(C([2H])([2H])[2H])Oc2cc(CCCCC)cc(OC(C)=O)c2C2CC(C(=O)OC)=CCC21. The van der Waals surface area contributed by atoms with Gasteiger partial charge in [-0.05, 0) is 57.1 Å². The molecule has 2 unspecified atom stereocenters. The molecule has 0 aromatic heterocycles. The highest BCUT2D eigenvalue weighted by atomic mass is 16.5. The van der Waals surface area contributed by atoms with E-state index in [0.29, 0.717) is 17.6 Å². The van der Waals surface area contributed by atoms with Crippen LogP contribution in [0.4, 0.5) is 0 Å². The summed E-state index contributed by atoms with van der Waals surface area (Å²) < 4.78 is 66.1. The normalized spacial score (nSPS) is 25.8. The summed E-state index contributed by atoms with van der Waals surface area (Å²) >= 11 is 0. The maximum absolute atomic E-state index is 12.3. The molecular weight excluding hydrogens is 368 g/mol. The van der Waals surface area contributed by atoms with E-state index in [9.17, 15) is 9.59 Å². The minimum atomic E-state index is -3.00. The fraction of sp³-hybridized carbons (Fsp3) is 0.583. The Hall–Kier alpha value is -2.30. The Morgan fingerprint density at radius 2 is 2.10 bits per heavy atom. The summed E-state index contributed by atoms with van der Waals surface area (Å²) in [7, 11) is 1.25. The molecule has 0 radical (unpaired) electrons. The lowest BCUT2D eigenvalue weighted by atomic mass is 9.67. The summed E-state index contributed by atoms with van der Waals surface area (Å²) in [6.07, 6.45) is 4.96. The number of aryl methyl sites for hydroxylation is 1. The molecule has 0 fully saturated rings. The van der Waals surface area contributed by atoms with Gasteiger partial charge in [-0.3, -0.25) is 4.79 Å². The van der Waals surface area contributed by atoms with Crippen LogP contribution in [0.1, 0.15) is 84.9 Å². The van der Waals surface area contributed by atoms with E-state index >= 15 is 0 Å². The average Bonchev–Trinajstić information content (AvgIpc) is 2.75. The zero-order chi connectivity index (χ0) is 26.2. The van der Waals surface area contributed by atoms with Crippen molar-refractivity contribution in [2.45, 2.75) is 77.6 Å². The third-order valence-electron chi connectivity index (χ3n) is 5.64. The molecule has 158 valence electrons. The smallest absolute Gasteiger partial charge is 0.333 e. The number of hydrogen-bond acceptors (Lipinski definition) is 5. The van der Waals surface area contributed by atoms with Crippen molar-refractivity contribution < 1.29 is 32.0 Å². The molecule has 3 rings (SSSR count). The van der Waals surface area contributed by atoms with E-state index in [-0.39, 0.29) is 24.3 Å². The lowest BCUT2D eigenvalue weighted by Gasteiger charge is -2.47. The van der Waals surface area contributed by atoms with Gasteiger partial charge in [0, 0.05) is 38.1 Å². The highest BCUT2D eigenvalue weighted by Crippen LogP contribution is 2.54. The third-order valence-corrected chi connectivity index (χ3v) is 5.64. The van der Waals surface area contributed by atoms with Crippen LogP contribution in [0.3, 0.4) is 0 Å². The molecule has 5 nitrogen and oxygen atoms in total. The van der Waals surface area contributed by atoms with Gasteiger partial charge in [0.05, 0.1) is 7.11 Å². The van der Waals surface area contributed by atoms with Crippen LogP contribution in [0.2, 0.25) is 0 Å². The maximum atomic E-state index is 12.3. The number of allylic oxidation sites excluding steroid dienone is 1. The molecule has 29 heavy (non-hydrogen) atoms. The van der Waals surface area contributed by atoms with E-state index in [2.05, 4.69) is 6.92 Å². The minimum absolute atomic E-state index is 0.0247. The van der Waals surface area contributed by atoms with Gasteiger partial charge in [-0.15, -0.1) is 0 Å². The molecule has 0 N–H and O–H groups in total. The van der Waals surface area contributed by atoms with E-state index < -0.39 is 43.1 Å². The van der Waals surface area contributed by atoms with Gasteiger partial charge >= 0.3 is 11.9 Å². The van der Waals surface area contributed by atoms with Gasteiger partial charge in [-0.25, -0.2) is 4.79 Å². The Kier molecular flexibility index (Phi) is 4.34. The second-order valence-electron chi connectivity index (χ2n) is 7.77. The van der Waals surface area contributed by atoms with Crippen LogP contribution in [0.5, 0.6) is 11.5 Å². The van der Waals surface area contributed by atoms with Gasteiger partial charge in [-0.2, -0.15) is 0 Å². The first-order valence-corrected chi connectivity index (χ1v) is 10.1. The van der Waals surface area contributed by atoms with Crippen molar-refractivity contribution in [3.63, 3.8) is 0 Å². The number of hydrogen-bond donors (Lipinski definition) is 0. The number of rotatable bonds is 6. The van der Waals surface area contributed by atoms with E-state index in [0.717, 1.165) is 24.8 Å². The summed E-state index contributed by atoms with van der Waals surface area (Å²) in [4.78, 5) is 24.3. The van der Waals surface area contributed by atoms with Crippen molar-refractivity contribution in [1.82, 2.24) is 0 Å². The molecule has 2 atom stereocenters. The predicted octanol–water partition coefficient (Wildman–Crippen LogP) is 5.11. The largest absolute Gasteiger partial charge is 0.487 e. The van der Waals surface area contributed by atoms with E-state index in [1.54, 1.807) is 12.1 Å². The van der Waals surface area contributed by atoms with Crippen molar-refractivity contribution in [3.8, 4) is 11.5 Å². The number of unbranched alkanes of at least 4 members (excludes halogenated alkanes) is 2. The summed E-state index contributed by atoms with van der Waals surface area (Å²) in [6, 6.07) is 3.38. The van der Waals surface area contributed by atoms with Crippen molar-refractivity contribution in [3.05, 3.63) is 34.9 Å². The summed E-state index contributed by atoms with van der Waals surface area (Å²) in [5.74, 6) is -2.66. The van der Waals surface area contributed by atoms with Gasteiger partial charge in [0.1, 0.15) is 17.1 Å². The second-order valence-corrected chi connectivity index (χ2v) is 7.77. The fourth-order valence-corrected chi connectivity index (χ4v) is 4.26. The molecule has 0 saturated carbocycles. The molecule has 1 aromatic rings. The zero-order valence-electron chi connectivity index (χ0n) is 23.2. The van der Waals surface area contributed by atoms with Gasteiger partial charge in [0.15, 0.2) is 0 Å². The van der Waals surface area contributed by atoms with E-state index in [4.69, 9.17) is 22.4 Å². The lowest BCUT2D eigenvalue weighted by molar-refractivity contribution is -0.137. The molecule has 1 aliphatic carbocycles. The van der Waals surface area contributed by atoms with E-state index in [1.807, 2.05) is 0 Å². The second kappa shape index (κ2) is 8.60. The fourth-order valence-electron chi connectivity index (χ4n) is 4.26. The number of methoxy groups -OCH3 is 1. The predicted molar refractivity (Wildman–Crippen MR) is 111 cm³/mol. The van der Waals surface area contributed by atoms with Gasteiger partial charge < -0.3 is 14.2 Å². The van der Waals surface area contributed by atoms with Gasteiger partial charge in [0.2, 0.25) is 0 Å². The van der Waals surface area contributed by atoms with Gasteiger partial charge in [-0.1, -0.05) is 25.8 Å². The van der Waals surface area contributed by atoms with Crippen LogP contribution in [0, 0.1) is 5.92 Å². The Labute approximate surface area is 181 Å². The first kappa shape index (κ1) is 14.6. The molecule has 0 spiro atoms. The van der Waals surface area contributed by atoms with Crippen molar-refractivity contribution in [1.29, 1.82) is 0 Å². The average molecular weight is 407 g/mol. The molecule has 2 aliphatic rings. The number of carbonyl (C=O) groups excluding carboxylic acids is 2. The van der Waals surface area contributed by atoms with Crippen molar-refractivity contribution in [2.24, 2.45) is 5.92 Å². The quantitative estimate of drug-likeness (QED) is 0.373. The number of carbonyl (C=O) groups is 2. The van der Waals surface area contributed by atoms with Crippen molar-refractivity contribution >= 4 is 11.9 Å². The van der Waals surface area contributed by atoms with Crippen LogP contribution in [-0.4, -0.2) is 24.6 Å². The van der Waals surface area contributed by atoms with E-state index in [1.165, 1.54) is 20.1 Å². The van der Waals surface area contributed by atoms with Crippen LogP contribution < -0.4 is 9.47 Å². The third kappa shape index (κ3) is 4.49.